The monoisotopic (exact) mass is 512 g/mol. The highest BCUT2D eigenvalue weighted by atomic mass is 16.5. The van der Waals surface area contributed by atoms with Crippen molar-refractivity contribution in [2.75, 3.05) is 23.0 Å². The molecule has 3 aromatic rings. The van der Waals surface area contributed by atoms with Crippen molar-refractivity contribution in [1.29, 1.82) is 0 Å². The van der Waals surface area contributed by atoms with Crippen LogP contribution in [-0.4, -0.2) is 46.9 Å². The van der Waals surface area contributed by atoms with Crippen LogP contribution in [0.2, 0.25) is 0 Å². The van der Waals surface area contributed by atoms with Gasteiger partial charge in [0, 0.05) is 41.6 Å². The number of anilines is 3. The maximum Gasteiger partial charge on any atom is 0.264 e. The fourth-order valence-electron chi connectivity index (χ4n) is 7.08. The topological polar surface area (TPSA) is 90.3 Å². The normalized spacial score (nSPS) is 26.2. The maximum absolute atomic E-state index is 14.2. The molecule has 0 unspecified atom stereocenters. The average Bonchev–Trinajstić information content (AvgIpc) is 3.43. The van der Waals surface area contributed by atoms with Crippen molar-refractivity contribution in [2.24, 2.45) is 11.8 Å². The highest BCUT2D eigenvalue weighted by molar-refractivity contribution is 6.28. The predicted molar refractivity (Wildman–Crippen MR) is 147 cm³/mol. The molecule has 3 aromatic carbocycles. The van der Waals surface area contributed by atoms with Gasteiger partial charge in [0.05, 0.1) is 28.6 Å². The molecule has 2 amide bonds. The molecule has 0 radical (unpaired) electrons. The average molecular weight is 513 g/mol. The molecule has 6 rings (SSSR count). The Hall–Kier alpha value is -3.52. The zero-order chi connectivity index (χ0) is 27.0. The molecule has 2 N–H and O–H groups in total. The van der Waals surface area contributed by atoms with Crippen LogP contribution in [0.4, 0.5) is 17.1 Å². The minimum atomic E-state index is -1.36. The van der Waals surface area contributed by atoms with Crippen LogP contribution in [0.25, 0.3) is 10.8 Å². The van der Waals surface area contributed by atoms with Gasteiger partial charge < -0.3 is 19.8 Å². The van der Waals surface area contributed by atoms with Crippen LogP contribution in [-0.2, 0) is 15.1 Å². The van der Waals surface area contributed by atoms with Gasteiger partial charge in [-0.15, -0.1) is 6.58 Å². The predicted octanol–water partition coefficient (Wildman–Crippen LogP) is 4.66. The van der Waals surface area contributed by atoms with Crippen molar-refractivity contribution in [3.8, 4) is 0 Å². The molecular weight excluding hydrogens is 480 g/mol. The molecule has 3 aliphatic rings. The SMILES string of the molecule is C=CCN1C(=O)[C@@]2(O[C@@H](CCO)[C@H](C(C)(C)O)[C@H]2C)c2cc(N3C(=O)c4cccc5cccc3c45)ccc21. The largest absolute Gasteiger partial charge is 0.396 e. The number of rotatable bonds is 6. The van der Waals surface area contributed by atoms with E-state index in [1.54, 1.807) is 29.7 Å². The van der Waals surface area contributed by atoms with E-state index in [1.807, 2.05) is 61.5 Å². The van der Waals surface area contributed by atoms with Crippen molar-refractivity contribution in [3.05, 3.63) is 78.4 Å². The third-order valence-electron chi connectivity index (χ3n) is 8.51. The van der Waals surface area contributed by atoms with Crippen LogP contribution in [0.5, 0.6) is 0 Å². The fourth-order valence-corrected chi connectivity index (χ4v) is 7.08. The van der Waals surface area contributed by atoms with Crippen LogP contribution < -0.4 is 9.80 Å². The molecule has 7 nitrogen and oxygen atoms in total. The summed E-state index contributed by atoms with van der Waals surface area (Å²) < 4.78 is 6.63. The summed E-state index contributed by atoms with van der Waals surface area (Å²) in [6.45, 7) is 9.39. The summed E-state index contributed by atoms with van der Waals surface area (Å²) in [6, 6.07) is 17.2. The van der Waals surface area contributed by atoms with E-state index >= 15 is 0 Å². The van der Waals surface area contributed by atoms with Gasteiger partial charge in [-0.05, 0) is 56.0 Å². The van der Waals surface area contributed by atoms with Crippen LogP contribution in [0.3, 0.4) is 0 Å². The first-order valence-corrected chi connectivity index (χ1v) is 13.1. The first kappa shape index (κ1) is 24.8. The lowest BCUT2D eigenvalue weighted by molar-refractivity contribution is -0.146. The molecule has 1 fully saturated rings. The van der Waals surface area contributed by atoms with E-state index < -0.39 is 29.1 Å². The molecule has 0 aromatic heterocycles. The summed E-state index contributed by atoms with van der Waals surface area (Å²) in [5.41, 5.74) is 0.957. The molecular formula is C31H32N2O5. The lowest BCUT2D eigenvalue weighted by atomic mass is 9.71. The van der Waals surface area contributed by atoms with Crippen molar-refractivity contribution in [1.82, 2.24) is 0 Å². The fraction of sp³-hybridized carbons (Fsp3) is 0.355. The quantitative estimate of drug-likeness (QED) is 0.469. The molecule has 1 saturated heterocycles. The van der Waals surface area contributed by atoms with E-state index in [0.717, 1.165) is 16.5 Å². The zero-order valence-corrected chi connectivity index (χ0v) is 21.8. The van der Waals surface area contributed by atoms with E-state index in [-0.39, 0.29) is 18.4 Å². The summed E-state index contributed by atoms with van der Waals surface area (Å²) in [6.07, 6.45) is 1.45. The lowest BCUT2D eigenvalue weighted by Crippen LogP contribution is -2.46. The Morgan fingerprint density at radius 2 is 1.84 bits per heavy atom. The van der Waals surface area contributed by atoms with Crippen LogP contribution in [0, 0.1) is 11.8 Å². The molecule has 7 heteroatoms. The van der Waals surface area contributed by atoms with E-state index in [9.17, 15) is 19.8 Å². The number of amides is 2. The Morgan fingerprint density at radius 1 is 1.11 bits per heavy atom. The standard InChI is InChI=1S/C31H32N2O5/c1-5-15-32-23-13-12-20(33-24-11-7-9-19-8-6-10-21(26(19)24)28(33)35)17-22(23)31(29(32)36)18(2)27(30(3,4)37)25(38-31)14-16-34/h5-13,17-18,25,27,34,37H,1,14-16H2,2-4H3/t18-,25+,27-,31+/m1/s1. The number of nitrogens with zero attached hydrogens (tertiary/aromatic N) is 2. The van der Waals surface area contributed by atoms with Gasteiger partial charge in [-0.2, -0.15) is 0 Å². The second-order valence-corrected chi connectivity index (χ2v) is 11.1. The number of benzene rings is 3. The molecule has 3 aliphatic heterocycles. The van der Waals surface area contributed by atoms with Gasteiger partial charge in [0.25, 0.3) is 11.8 Å². The van der Waals surface area contributed by atoms with Gasteiger partial charge in [0.1, 0.15) is 0 Å². The van der Waals surface area contributed by atoms with Gasteiger partial charge >= 0.3 is 0 Å². The summed E-state index contributed by atoms with van der Waals surface area (Å²) in [7, 11) is 0. The highest BCUT2D eigenvalue weighted by Gasteiger charge is 2.65. The van der Waals surface area contributed by atoms with Gasteiger partial charge in [-0.3, -0.25) is 14.5 Å². The highest BCUT2D eigenvalue weighted by Crippen LogP contribution is 2.58. The Balaban J connectivity index is 1.54. The van der Waals surface area contributed by atoms with Crippen molar-refractivity contribution in [2.45, 2.75) is 44.5 Å². The zero-order valence-electron chi connectivity index (χ0n) is 21.8. The van der Waals surface area contributed by atoms with Crippen LogP contribution in [0.15, 0.2) is 67.3 Å². The smallest absolute Gasteiger partial charge is 0.264 e. The molecule has 196 valence electrons. The van der Waals surface area contributed by atoms with E-state index in [4.69, 9.17) is 4.74 Å². The molecule has 0 aliphatic carbocycles. The Kier molecular flexibility index (Phi) is 5.54. The lowest BCUT2D eigenvalue weighted by Gasteiger charge is -2.34. The van der Waals surface area contributed by atoms with E-state index in [1.165, 1.54) is 0 Å². The second kappa shape index (κ2) is 8.50. The van der Waals surface area contributed by atoms with Gasteiger partial charge in [0.2, 0.25) is 0 Å². The number of fused-ring (bicyclic) bond motifs is 2. The number of aliphatic hydroxyl groups is 2. The first-order chi connectivity index (χ1) is 18.1. The minimum absolute atomic E-state index is 0.119. The molecule has 1 spiro atoms. The molecule has 0 bridgehead atoms. The van der Waals surface area contributed by atoms with Gasteiger partial charge in [0.15, 0.2) is 5.60 Å². The minimum Gasteiger partial charge on any atom is -0.396 e. The second-order valence-electron chi connectivity index (χ2n) is 11.1. The van der Waals surface area contributed by atoms with Gasteiger partial charge in [-0.1, -0.05) is 37.3 Å². The van der Waals surface area contributed by atoms with E-state index in [0.29, 0.717) is 35.5 Å². The summed E-state index contributed by atoms with van der Waals surface area (Å²) in [4.78, 5) is 31.2. The van der Waals surface area contributed by atoms with Gasteiger partial charge in [-0.25, -0.2) is 0 Å². The molecule has 38 heavy (non-hydrogen) atoms. The molecule has 0 saturated carbocycles. The Morgan fingerprint density at radius 3 is 2.53 bits per heavy atom. The Bertz CT molecular complexity index is 1490. The van der Waals surface area contributed by atoms with Crippen LogP contribution in [0.1, 0.15) is 43.1 Å². The number of ether oxygens (including phenoxy) is 1. The van der Waals surface area contributed by atoms with E-state index in [2.05, 4.69) is 6.58 Å². The van der Waals surface area contributed by atoms with Crippen LogP contribution >= 0.6 is 0 Å². The summed E-state index contributed by atoms with van der Waals surface area (Å²) in [5, 5.41) is 22.8. The summed E-state index contributed by atoms with van der Waals surface area (Å²) in [5.74, 6) is -1.13. The maximum atomic E-state index is 14.2. The van der Waals surface area contributed by atoms with Crippen molar-refractivity contribution >= 4 is 39.6 Å². The Labute approximate surface area is 221 Å². The number of carbonyl (C=O) groups excluding carboxylic acids is 2. The summed E-state index contributed by atoms with van der Waals surface area (Å²) >= 11 is 0. The van der Waals surface area contributed by atoms with Crippen molar-refractivity contribution < 1.29 is 24.5 Å². The molecule has 4 atom stereocenters. The first-order valence-electron chi connectivity index (χ1n) is 13.1. The van der Waals surface area contributed by atoms with Crippen molar-refractivity contribution in [3.63, 3.8) is 0 Å². The number of hydrogen-bond acceptors (Lipinski definition) is 5. The number of carbonyl (C=O) groups is 2. The number of hydrogen-bond donors (Lipinski definition) is 2. The third kappa shape index (κ3) is 3.19. The third-order valence-corrected chi connectivity index (χ3v) is 8.51. The molecule has 3 heterocycles. The number of aliphatic hydroxyl groups excluding tert-OH is 1.